The van der Waals surface area contributed by atoms with Crippen LogP contribution in [0, 0.1) is 11.3 Å². The van der Waals surface area contributed by atoms with Crippen molar-refractivity contribution in [2.24, 2.45) is 28.1 Å². The number of nitrogens with zero attached hydrogens (tertiary/aromatic N) is 7. The lowest BCUT2D eigenvalue weighted by atomic mass is 9.93. The van der Waals surface area contributed by atoms with Crippen LogP contribution in [0.1, 0.15) is 133 Å². The summed E-state index contributed by atoms with van der Waals surface area (Å²) in [4.78, 5) is 268. The van der Waals surface area contributed by atoms with Crippen molar-refractivity contribution in [3.05, 3.63) is 120 Å². The molecule has 0 spiro atoms. The number of unbranched alkanes of at least 4 members (excludes halogenated alkanes) is 1. The molecule has 3 aromatic carbocycles. The number of amides is 17. The highest BCUT2D eigenvalue weighted by molar-refractivity contribution is 8.00. The molecule has 14 atom stereocenters. The molecule has 2 aromatic heterocycles. The second-order valence-corrected chi connectivity index (χ2v) is 34.4. The predicted molar refractivity (Wildman–Crippen MR) is 478 cm³/mol. The lowest BCUT2D eigenvalue weighted by molar-refractivity contribution is -0.148. The minimum absolute atomic E-state index is 0.00722. The quantitative estimate of drug-likeness (QED) is 0.0176. The highest BCUT2D eigenvalue weighted by Crippen LogP contribution is 2.36. The number of thioether (sulfide) groups is 1. The van der Waals surface area contributed by atoms with Crippen molar-refractivity contribution in [2.45, 2.75) is 208 Å². The molecule has 6 heterocycles. The number of nitrogens with one attached hydrogen (secondary N) is 14. The molecule has 0 aliphatic carbocycles. The van der Waals surface area contributed by atoms with E-state index in [1.165, 1.54) is 50.4 Å². The number of likely N-dealkylation sites (N-methyl/N-ethyl adjacent to an activating group) is 3. The molecule has 17 amide bonds. The number of hydrogen-bond donors (Lipinski definition) is 18. The number of aliphatic hydroxyl groups excluding tert-OH is 1. The second-order valence-electron chi connectivity index (χ2n) is 33.4. The molecule has 9 rings (SSSR count). The van der Waals surface area contributed by atoms with Gasteiger partial charge in [-0.25, -0.2) is 4.98 Å². The van der Waals surface area contributed by atoms with Crippen molar-refractivity contribution in [3.8, 4) is 0 Å². The number of fused-ring (bicyclic) bond motifs is 4. The SMILES string of the molecule is CCCC[C@H]1C(=O)N[C@@H](CCCNC(=N)N)C(=O)N[C@H](C(=O)NCC(N)=O)CSCC(=O)N[C@@H](Cc2ccccc2)C(=O)N(C)[C@@H](C)C(=O)N[C@@H](CC(N)=O)C(=O)N2CCC[C@H]2C(=O)N[C@@H](Cc2cnc[nH]2)C(=O)N[C@@H](CC(C)C)C(=O)N(C)CC(=O)N[C@@H](Cc2c[nH]c3ccccc23)C(=O)N[C@@H](CO)C(=O)N[C@@H](CC2C=Nc3ccccc32)C(=O)N2CCC[C@H]2C(=O)N1C. The molecule has 3 fully saturated rings. The summed E-state index contributed by atoms with van der Waals surface area (Å²) in [6.45, 7) is 4.08. The first-order valence-corrected chi connectivity index (χ1v) is 44.6. The zero-order valence-electron chi connectivity index (χ0n) is 73.9. The van der Waals surface area contributed by atoms with Gasteiger partial charge in [0.2, 0.25) is 100 Å². The smallest absolute Gasteiger partial charge is 0.246 e. The van der Waals surface area contributed by atoms with Gasteiger partial charge in [0.1, 0.15) is 78.5 Å². The van der Waals surface area contributed by atoms with E-state index in [1.54, 1.807) is 105 Å². The first-order chi connectivity index (χ1) is 62.0. The third-order valence-corrected chi connectivity index (χ3v) is 24.2. The van der Waals surface area contributed by atoms with Crippen LogP contribution in [0.4, 0.5) is 5.69 Å². The van der Waals surface area contributed by atoms with E-state index < -0.39 is 228 Å². The van der Waals surface area contributed by atoms with Crippen LogP contribution in [0.5, 0.6) is 0 Å². The van der Waals surface area contributed by atoms with E-state index in [-0.39, 0.29) is 103 Å². The Hall–Kier alpha value is -13.4. The first kappa shape index (κ1) is 100. The molecule has 4 aliphatic heterocycles. The van der Waals surface area contributed by atoms with Crippen molar-refractivity contribution in [1.82, 2.24) is 97.9 Å². The van der Waals surface area contributed by atoms with Crippen LogP contribution in [-0.2, 0) is 101 Å². The highest BCUT2D eigenvalue weighted by Gasteiger charge is 2.46. The Kier molecular flexibility index (Phi) is 37.2. The molecule has 5 aromatic rings. The summed E-state index contributed by atoms with van der Waals surface area (Å²) in [6, 6.07) is 3.12. The maximum atomic E-state index is 15.6. The summed E-state index contributed by atoms with van der Waals surface area (Å²) in [5.41, 5.74) is 20.1. The molecular formula is C87H120N24O18S. The van der Waals surface area contributed by atoms with E-state index in [9.17, 15) is 62.6 Å². The zero-order chi connectivity index (χ0) is 94.6. The number of carbonyl (C=O) groups is 17. The van der Waals surface area contributed by atoms with Crippen molar-refractivity contribution < 1.29 is 86.6 Å². The Morgan fingerprint density at radius 3 is 1.88 bits per heavy atom. The molecule has 0 saturated carbocycles. The number of imidazole rings is 1. The van der Waals surface area contributed by atoms with E-state index >= 15 is 24.0 Å². The van der Waals surface area contributed by atoms with E-state index in [4.69, 9.17) is 22.6 Å². The van der Waals surface area contributed by atoms with E-state index in [0.29, 0.717) is 51.8 Å². The standard InChI is InChI=1S/C87H120N24O18S/c1-8-9-27-67-80(123)100-58(26-17-30-93-87(90)91)76(119)106-66(75(118)96-42-71(89)114)45-130-46-73(116)99-62(34-50-20-11-10-12-21-50)83(126)108(6)49(4)74(117)102-64(38-70(88)113)85(128)110-31-18-28-68(110)81(124)101-60(37-53-41-92-47-97-53)78(121)103-61(33-48(2)3)82(125)107(5)43-72(115)98-59(35-51-39-94-56-24-15-13-22-54(51)56)77(120)105-65(44-112)79(122)104-63(36-52-40-95-57-25-16-14-23-55(52)57)84(127)111-32-19-29-69(111)86(129)109(67)7/h10-16,20-25,39-41,47-49,52,58-69,94,112H,8-9,17-19,26-38,42-46H2,1-7H3,(H2,88,113)(H2,89,114)(H,92,97)(H,96,118)(H,98,115)(H,99,116)(H,100,123)(H,101,124)(H,102,117)(H,103,121)(H,104,122)(H,105,120)(H,106,119)(H4,90,91,93)/t49-,52?,58-,59-,60-,61-,62-,63-,64-,65-,66-,67-,68-,69-/m0/s1. The molecule has 3 saturated heterocycles. The number of primary amides is 2. The average molecular weight is 1820 g/mol. The van der Waals surface area contributed by atoms with E-state index in [2.05, 4.69) is 78.4 Å². The first-order valence-electron chi connectivity index (χ1n) is 43.4. The molecule has 4 aliphatic rings. The number of aromatic amines is 2. The number of hydrogen-bond acceptors (Lipinski definition) is 22. The molecule has 0 bridgehead atoms. The summed E-state index contributed by atoms with van der Waals surface area (Å²) in [5, 5.41) is 48.7. The van der Waals surface area contributed by atoms with Crippen LogP contribution in [0.3, 0.4) is 0 Å². The number of aliphatic imine (C=N–C) groups is 1. The fraction of sp³-hybridized carbons (Fsp3) is 0.517. The Morgan fingerprint density at radius 2 is 1.21 bits per heavy atom. The van der Waals surface area contributed by atoms with Gasteiger partial charge in [0, 0.05) is 107 Å². The Labute approximate surface area is 755 Å². The lowest BCUT2D eigenvalue weighted by Gasteiger charge is -2.35. The van der Waals surface area contributed by atoms with Crippen LogP contribution < -0.4 is 75.7 Å². The summed E-state index contributed by atoms with van der Waals surface area (Å²) < 4.78 is 0. The molecule has 702 valence electrons. The number of nitrogens with two attached hydrogens (primary N) is 3. The summed E-state index contributed by atoms with van der Waals surface area (Å²) >= 11 is 0.797. The normalized spacial score (nSPS) is 24.9. The molecule has 1 unspecified atom stereocenters. The molecule has 130 heavy (non-hydrogen) atoms. The van der Waals surface area contributed by atoms with Gasteiger partial charge in [-0.05, 0) is 99.5 Å². The molecular weight excluding hydrogens is 1700 g/mol. The number of aromatic nitrogens is 3. The predicted octanol–water partition coefficient (Wildman–Crippen LogP) is -3.00. The number of benzene rings is 3. The lowest BCUT2D eigenvalue weighted by Crippen LogP contribution is -2.61. The molecule has 21 N–H and O–H groups in total. The topological polar surface area (TPSA) is 618 Å². The van der Waals surface area contributed by atoms with Gasteiger partial charge in [0.25, 0.3) is 0 Å². The van der Waals surface area contributed by atoms with Gasteiger partial charge in [-0.3, -0.25) is 91.9 Å². The van der Waals surface area contributed by atoms with E-state index in [0.717, 1.165) is 26.5 Å². The Balaban J connectivity index is 1.06. The highest BCUT2D eigenvalue weighted by atomic mass is 32.2. The minimum Gasteiger partial charge on any atom is -0.394 e. The zero-order valence-corrected chi connectivity index (χ0v) is 74.7. The van der Waals surface area contributed by atoms with Crippen molar-refractivity contribution in [3.63, 3.8) is 0 Å². The van der Waals surface area contributed by atoms with Crippen LogP contribution in [0.2, 0.25) is 0 Å². The molecule has 43 heteroatoms. The minimum atomic E-state index is -1.83. The monoisotopic (exact) mass is 1820 g/mol. The van der Waals surface area contributed by atoms with Crippen LogP contribution in [-0.4, -0.2) is 308 Å². The van der Waals surface area contributed by atoms with Gasteiger partial charge in [0.15, 0.2) is 5.96 Å². The fourth-order valence-corrected chi connectivity index (χ4v) is 17.0. The number of H-pyrrole nitrogens is 2. The number of rotatable bonds is 23. The van der Waals surface area contributed by atoms with Crippen molar-refractivity contribution in [2.75, 3.05) is 72.0 Å². The van der Waals surface area contributed by atoms with Crippen molar-refractivity contribution >= 4 is 141 Å². The number of carbonyl (C=O) groups excluding carboxylic acids is 17. The maximum Gasteiger partial charge on any atom is 0.246 e. The summed E-state index contributed by atoms with van der Waals surface area (Å²) in [5.74, 6) is -17.6. The third kappa shape index (κ3) is 28.1. The van der Waals surface area contributed by atoms with Gasteiger partial charge < -0.3 is 115 Å². The van der Waals surface area contributed by atoms with Crippen LogP contribution in [0.25, 0.3) is 10.9 Å². The Bertz CT molecular complexity index is 4940. The second kappa shape index (κ2) is 48.2. The van der Waals surface area contributed by atoms with Crippen LogP contribution in [0.15, 0.2) is 103 Å². The van der Waals surface area contributed by atoms with Gasteiger partial charge in [-0.15, -0.1) is 11.8 Å². The molecule has 42 nitrogen and oxygen atoms in total. The third-order valence-electron chi connectivity index (χ3n) is 23.1. The maximum absolute atomic E-state index is 15.6. The summed E-state index contributed by atoms with van der Waals surface area (Å²) in [6.07, 6.45) is 5.60. The fourth-order valence-electron chi connectivity index (χ4n) is 16.1. The summed E-state index contributed by atoms with van der Waals surface area (Å²) in [7, 11) is 3.90. The van der Waals surface area contributed by atoms with Gasteiger partial charge in [-0.1, -0.05) is 100 Å². The number of guanidine groups is 1. The van der Waals surface area contributed by atoms with Crippen LogP contribution >= 0.6 is 11.8 Å². The average Bonchev–Trinajstić information content (AvgIpc) is 1.63. The molecule has 0 radical (unpaired) electrons. The van der Waals surface area contributed by atoms with E-state index in [1.807, 2.05) is 6.92 Å². The van der Waals surface area contributed by atoms with Gasteiger partial charge in [-0.2, -0.15) is 0 Å². The van der Waals surface area contributed by atoms with Gasteiger partial charge in [0.05, 0.1) is 43.9 Å². The van der Waals surface area contributed by atoms with Gasteiger partial charge >= 0.3 is 0 Å². The largest absolute Gasteiger partial charge is 0.394 e. The Morgan fingerprint density at radius 1 is 0.592 bits per heavy atom. The van der Waals surface area contributed by atoms with Crippen molar-refractivity contribution in [1.29, 1.82) is 5.41 Å². The number of para-hydroxylation sites is 2. The number of aliphatic hydroxyl groups is 1.